The summed E-state index contributed by atoms with van der Waals surface area (Å²) >= 11 is 0. The maximum Gasteiger partial charge on any atom is 0.236 e. The van der Waals surface area contributed by atoms with Crippen LogP contribution in [0.5, 0.6) is 0 Å². The first-order valence-electron chi connectivity index (χ1n) is 7.18. The van der Waals surface area contributed by atoms with E-state index >= 15 is 0 Å². The number of carbonyl (C=O) groups is 1. The minimum Gasteiger partial charge on any atom is -0.339 e. The van der Waals surface area contributed by atoms with E-state index in [0.29, 0.717) is 18.5 Å². The van der Waals surface area contributed by atoms with Crippen molar-refractivity contribution in [1.82, 2.24) is 9.80 Å². The number of hydrogen-bond donors (Lipinski definition) is 0. The first-order valence-corrected chi connectivity index (χ1v) is 7.18. The van der Waals surface area contributed by atoms with Crippen molar-refractivity contribution in [2.45, 2.75) is 52.0 Å². The van der Waals surface area contributed by atoms with Crippen LogP contribution in [0.15, 0.2) is 0 Å². The van der Waals surface area contributed by atoms with Gasteiger partial charge in [0.25, 0.3) is 0 Å². The molecular weight excluding hydrogens is 212 g/mol. The normalized spacial score (nSPS) is 31.5. The molecule has 3 nitrogen and oxygen atoms in total. The van der Waals surface area contributed by atoms with Crippen molar-refractivity contribution in [3.63, 3.8) is 0 Å². The molecule has 2 unspecified atom stereocenters. The van der Waals surface area contributed by atoms with Crippen LogP contribution in [0.25, 0.3) is 0 Å². The summed E-state index contributed by atoms with van der Waals surface area (Å²) in [6.45, 7) is 8.32. The van der Waals surface area contributed by atoms with E-state index in [4.69, 9.17) is 0 Å². The predicted octanol–water partition coefficient (Wildman–Crippen LogP) is 2.12. The number of rotatable bonds is 2. The minimum absolute atomic E-state index is 0.353. The summed E-state index contributed by atoms with van der Waals surface area (Å²) < 4.78 is 0. The lowest BCUT2D eigenvalue weighted by atomic mass is 10.00. The Labute approximate surface area is 105 Å². The van der Waals surface area contributed by atoms with Crippen molar-refractivity contribution in [2.24, 2.45) is 5.92 Å². The lowest BCUT2D eigenvalue weighted by molar-refractivity contribution is -0.136. The Bertz CT molecular complexity index is 267. The zero-order chi connectivity index (χ0) is 12.3. The van der Waals surface area contributed by atoms with E-state index in [0.717, 1.165) is 25.6 Å². The van der Waals surface area contributed by atoms with Crippen LogP contribution in [0.3, 0.4) is 0 Å². The van der Waals surface area contributed by atoms with Crippen LogP contribution in [0, 0.1) is 5.92 Å². The van der Waals surface area contributed by atoms with Gasteiger partial charge < -0.3 is 4.90 Å². The van der Waals surface area contributed by atoms with E-state index in [1.54, 1.807) is 0 Å². The molecule has 0 aromatic carbocycles. The average molecular weight is 238 g/mol. The Morgan fingerprint density at radius 3 is 2.65 bits per heavy atom. The molecule has 2 aliphatic heterocycles. The van der Waals surface area contributed by atoms with Crippen molar-refractivity contribution >= 4 is 5.91 Å². The fourth-order valence-corrected chi connectivity index (χ4v) is 3.18. The van der Waals surface area contributed by atoms with Gasteiger partial charge in [0, 0.05) is 19.1 Å². The molecule has 2 atom stereocenters. The zero-order valence-electron chi connectivity index (χ0n) is 11.3. The summed E-state index contributed by atoms with van der Waals surface area (Å²) in [5.74, 6) is 1.11. The Kier molecular flexibility index (Phi) is 4.43. The summed E-state index contributed by atoms with van der Waals surface area (Å²) in [5, 5.41) is 0. The summed E-state index contributed by atoms with van der Waals surface area (Å²) in [4.78, 5) is 16.7. The third-order valence-electron chi connectivity index (χ3n) is 4.22. The van der Waals surface area contributed by atoms with Gasteiger partial charge in [-0.1, -0.05) is 6.92 Å². The molecule has 0 radical (unpaired) electrons. The second kappa shape index (κ2) is 5.85. The maximum atomic E-state index is 12.3. The molecule has 0 spiro atoms. The standard InChI is InChI=1S/C14H26N2O/c1-12-6-5-8-15(10-12)11-14(17)16-9-4-3-7-13(16)2/h12-13H,3-11H2,1-2H3. The molecule has 0 aromatic rings. The Hall–Kier alpha value is -0.570. The Morgan fingerprint density at radius 2 is 1.94 bits per heavy atom. The molecule has 2 heterocycles. The highest BCUT2D eigenvalue weighted by Crippen LogP contribution is 2.19. The molecule has 98 valence electrons. The SMILES string of the molecule is CC1CCCN(CC(=O)N2CCCCC2C)C1. The van der Waals surface area contributed by atoms with Crippen LogP contribution in [-0.4, -0.2) is 47.9 Å². The highest BCUT2D eigenvalue weighted by atomic mass is 16.2. The van der Waals surface area contributed by atoms with Crippen molar-refractivity contribution in [1.29, 1.82) is 0 Å². The van der Waals surface area contributed by atoms with E-state index in [-0.39, 0.29) is 0 Å². The molecule has 0 bridgehead atoms. The van der Waals surface area contributed by atoms with Gasteiger partial charge in [0.1, 0.15) is 0 Å². The van der Waals surface area contributed by atoms with Gasteiger partial charge in [-0.2, -0.15) is 0 Å². The second-order valence-electron chi connectivity index (χ2n) is 5.91. The van der Waals surface area contributed by atoms with Gasteiger partial charge >= 0.3 is 0 Å². The molecule has 2 fully saturated rings. The summed E-state index contributed by atoms with van der Waals surface area (Å²) in [7, 11) is 0. The van der Waals surface area contributed by atoms with Crippen molar-refractivity contribution in [2.75, 3.05) is 26.2 Å². The molecule has 3 heteroatoms. The number of amides is 1. The number of hydrogen-bond acceptors (Lipinski definition) is 2. The van der Waals surface area contributed by atoms with Gasteiger partial charge in [-0.15, -0.1) is 0 Å². The predicted molar refractivity (Wildman–Crippen MR) is 69.9 cm³/mol. The molecule has 1 amide bonds. The quantitative estimate of drug-likeness (QED) is 0.735. The highest BCUT2D eigenvalue weighted by Gasteiger charge is 2.26. The molecule has 2 saturated heterocycles. The van der Waals surface area contributed by atoms with E-state index in [1.807, 2.05) is 0 Å². The second-order valence-corrected chi connectivity index (χ2v) is 5.91. The fourth-order valence-electron chi connectivity index (χ4n) is 3.18. The molecule has 0 saturated carbocycles. The van der Waals surface area contributed by atoms with E-state index < -0.39 is 0 Å². The third kappa shape index (κ3) is 3.44. The average Bonchev–Trinajstić information content (AvgIpc) is 2.29. The fraction of sp³-hybridized carbons (Fsp3) is 0.929. The summed E-state index contributed by atoms with van der Waals surface area (Å²) in [6.07, 6.45) is 6.23. The summed E-state index contributed by atoms with van der Waals surface area (Å²) in [5.41, 5.74) is 0. The van der Waals surface area contributed by atoms with Crippen molar-refractivity contribution in [3.05, 3.63) is 0 Å². The van der Waals surface area contributed by atoms with Gasteiger partial charge in [-0.25, -0.2) is 0 Å². The van der Waals surface area contributed by atoms with Crippen LogP contribution in [-0.2, 0) is 4.79 Å². The molecular formula is C14H26N2O. The Balaban J connectivity index is 1.83. The largest absolute Gasteiger partial charge is 0.339 e. The van der Waals surface area contributed by atoms with Crippen LogP contribution >= 0.6 is 0 Å². The van der Waals surface area contributed by atoms with Crippen LogP contribution in [0.1, 0.15) is 46.0 Å². The van der Waals surface area contributed by atoms with Crippen molar-refractivity contribution < 1.29 is 4.79 Å². The number of carbonyl (C=O) groups excluding carboxylic acids is 1. The highest BCUT2D eigenvalue weighted by molar-refractivity contribution is 5.78. The monoisotopic (exact) mass is 238 g/mol. The molecule has 2 aliphatic rings. The Morgan fingerprint density at radius 1 is 1.12 bits per heavy atom. The van der Waals surface area contributed by atoms with Gasteiger partial charge in [0.15, 0.2) is 0 Å². The van der Waals surface area contributed by atoms with Gasteiger partial charge in [0.05, 0.1) is 6.54 Å². The van der Waals surface area contributed by atoms with Gasteiger partial charge in [0.2, 0.25) is 5.91 Å². The minimum atomic E-state index is 0.353. The first kappa shape index (κ1) is 12.9. The van der Waals surface area contributed by atoms with Gasteiger partial charge in [-0.05, 0) is 51.5 Å². The first-order chi connectivity index (χ1) is 8.16. The van der Waals surface area contributed by atoms with E-state index in [9.17, 15) is 4.79 Å². The van der Waals surface area contributed by atoms with E-state index in [2.05, 4.69) is 23.6 Å². The number of piperidine rings is 2. The summed E-state index contributed by atoms with van der Waals surface area (Å²) in [6, 6.07) is 0.457. The molecule has 0 N–H and O–H groups in total. The van der Waals surface area contributed by atoms with Crippen LogP contribution in [0.4, 0.5) is 0 Å². The molecule has 17 heavy (non-hydrogen) atoms. The third-order valence-corrected chi connectivity index (χ3v) is 4.22. The van der Waals surface area contributed by atoms with Crippen LogP contribution in [0.2, 0.25) is 0 Å². The zero-order valence-corrected chi connectivity index (χ0v) is 11.3. The molecule has 2 rings (SSSR count). The topological polar surface area (TPSA) is 23.6 Å². The molecule has 0 aliphatic carbocycles. The van der Waals surface area contributed by atoms with E-state index in [1.165, 1.54) is 32.1 Å². The van der Waals surface area contributed by atoms with Crippen molar-refractivity contribution in [3.8, 4) is 0 Å². The molecule has 0 aromatic heterocycles. The lowest BCUT2D eigenvalue weighted by Crippen LogP contribution is -2.48. The lowest BCUT2D eigenvalue weighted by Gasteiger charge is -2.36. The van der Waals surface area contributed by atoms with Gasteiger partial charge in [-0.3, -0.25) is 9.69 Å². The smallest absolute Gasteiger partial charge is 0.236 e. The maximum absolute atomic E-state index is 12.3. The van der Waals surface area contributed by atoms with Crippen LogP contribution < -0.4 is 0 Å². The number of likely N-dealkylation sites (tertiary alicyclic amines) is 2. The number of nitrogens with zero attached hydrogens (tertiary/aromatic N) is 2.